The van der Waals surface area contributed by atoms with Crippen LogP contribution in [-0.2, 0) is 65.4 Å². The van der Waals surface area contributed by atoms with E-state index in [4.69, 9.17) is 37.0 Å². The number of aliphatic hydroxyl groups is 1. The minimum absolute atomic E-state index is 0.0741. The molecule has 0 aromatic rings. The van der Waals surface area contributed by atoms with Gasteiger partial charge >= 0.3 is 39.5 Å². The highest BCUT2D eigenvalue weighted by molar-refractivity contribution is 7.47. The number of rotatable bonds is 77. The molecule has 0 aliphatic heterocycles. The molecule has 0 saturated carbocycles. The Bertz CT molecular complexity index is 2390. The predicted molar refractivity (Wildman–Crippen MR) is 427 cm³/mol. The highest BCUT2D eigenvalue weighted by Gasteiger charge is 2.30. The monoisotopic (exact) mass is 1500 g/mol. The van der Waals surface area contributed by atoms with Crippen LogP contribution in [-0.4, -0.2) is 96.7 Å². The number of phosphoric ester groups is 2. The molecule has 0 aliphatic carbocycles. The van der Waals surface area contributed by atoms with Gasteiger partial charge in [0.15, 0.2) is 12.2 Å². The van der Waals surface area contributed by atoms with E-state index in [9.17, 15) is 43.2 Å². The Balaban J connectivity index is 5.43. The normalized spacial score (nSPS) is 14.4. The molecule has 0 bridgehead atoms. The average Bonchev–Trinajstić information content (AvgIpc) is 0.926. The lowest BCUT2D eigenvalue weighted by Gasteiger charge is -2.21. The molecule has 0 aliphatic rings. The first-order valence-electron chi connectivity index (χ1n) is 41.1. The van der Waals surface area contributed by atoms with E-state index in [1.165, 1.54) is 96.3 Å². The van der Waals surface area contributed by atoms with Gasteiger partial charge in [0.25, 0.3) is 0 Å². The minimum Gasteiger partial charge on any atom is -0.462 e. The van der Waals surface area contributed by atoms with Gasteiger partial charge in [-0.15, -0.1) is 0 Å². The lowest BCUT2D eigenvalue weighted by atomic mass is 10.1. The van der Waals surface area contributed by atoms with E-state index in [0.717, 1.165) is 167 Å². The van der Waals surface area contributed by atoms with Crippen LogP contribution < -0.4 is 0 Å². The molecular formula is C85H148O17P2. The highest BCUT2D eigenvalue weighted by Crippen LogP contribution is 2.45. The Labute approximate surface area is 632 Å². The summed E-state index contributed by atoms with van der Waals surface area (Å²) in [6.07, 6.45) is 83.5. The van der Waals surface area contributed by atoms with Crippen LogP contribution in [0.2, 0.25) is 0 Å². The number of aliphatic hydroxyl groups excluding tert-OH is 1. The molecule has 0 amide bonds. The summed E-state index contributed by atoms with van der Waals surface area (Å²) in [5.74, 6) is -2.26. The summed E-state index contributed by atoms with van der Waals surface area (Å²) >= 11 is 0. The van der Waals surface area contributed by atoms with Gasteiger partial charge in [0, 0.05) is 25.7 Å². The molecular weight excluding hydrogens is 1350 g/mol. The van der Waals surface area contributed by atoms with Crippen molar-refractivity contribution in [1.29, 1.82) is 0 Å². The minimum atomic E-state index is -4.99. The SMILES string of the molecule is CCCCCC=CCC=CCC=CCC=CCCCC(=O)OC[C@H](COP(=O)(O)OCC(O)COP(=O)(O)OC[C@@H](COC(=O)CCCCCCCC=CCC=CCCCCC)OC(=O)CCCCCCCC=CCC=CCCCCC)OC(=O)CCCCCCCCCC=CCCCCCCCC. The lowest BCUT2D eigenvalue weighted by Crippen LogP contribution is -2.30. The van der Waals surface area contributed by atoms with Crippen molar-refractivity contribution < 1.29 is 80.2 Å². The molecule has 0 fully saturated rings. The van der Waals surface area contributed by atoms with Gasteiger partial charge in [-0.1, -0.05) is 278 Å². The van der Waals surface area contributed by atoms with Crippen molar-refractivity contribution in [3.63, 3.8) is 0 Å². The van der Waals surface area contributed by atoms with E-state index in [1.54, 1.807) is 0 Å². The van der Waals surface area contributed by atoms with E-state index < -0.39 is 97.5 Å². The van der Waals surface area contributed by atoms with Crippen LogP contribution in [0.25, 0.3) is 0 Å². The molecule has 600 valence electrons. The maximum atomic E-state index is 13.1. The first-order chi connectivity index (χ1) is 50.7. The zero-order valence-electron chi connectivity index (χ0n) is 65.7. The van der Waals surface area contributed by atoms with Gasteiger partial charge < -0.3 is 33.8 Å². The van der Waals surface area contributed by atoms with Crippen molar-refractivity contribution in [3.8, 4) is 0 Å². The van der Waals surface area contributed by atoms with Crippen molar-refractivity contribution in [1.82, 2.24) is 0 Å². The molecule has 104 heavy (non-hydrogen) atoms. The molecule has 0 spiro atoms. The maximum absolute atomic E-state index is 13.1. The predicted octanol–water partition coefficient (Wildman–Crippen LogP) is 24.1. The second-order valence-corrected chi connectivity index (χ2v) is 30.3. The van der Waals surface area contributed by atoms with Gasteiger partial charge in [-0.2, -0.15) is 0 Å². The Morgan fingerprint density at radius 1 is 0.269 bits per heavy atom. The molecule has 3 unspecified atom stereocenters. The average molecular weight is 1500 g/mol. The third-order valence-corrected chi connectivity index (χ3v) is 19.1. The molecule has 0 rings (SSSR count). The van der Waals surface area contributed by atoms with E-state index >= 15 is 0 Å². The summed E-state index contributed by atoms with van der Waals surface area (Å²) in [6.45, 7) is 4.73. The summed E-state index contributed by atoms with van der Waals surface area (Å²) in [6, 6.07) is 0. The highest BCUT2D eigenvalue weighted by atomic mass is 31.2. The topological polar surface area (TPSA) is 237 Å². The van der Waals surface area contributed by atoms with Gasteiger partial charge in [-0.25, -0.2) is 9.13 Å². The zero-order valence-corrected chi connectivity index (χ0v) is 67.5. The molecule has 0 radical (unpaired) electrons. The summed E-state index contributed by atoms with van der Waals surface area (Å²) < 4.78 is 68.6. The summed E-state index contributed by atoms with van der Waals surface area (Å²) in [4.78, 5) is 73.1. The fourth-order valence-electron chi connectivity index (χ4n) is 10.9. The first-order valence-corrected chi connectivity index (χ1v) is 44.1. The van der Waals surface area contributed by atoms with Crippen LogP contribution in [0.1, 0.15) is 349 Å². The lowest BCUT2D eigenvalue weighted by molar-refractivity contribution is -0.161. The van der Waals surface area contributed by atoms with Gasteiger partial charge in [-0.3, -0.25) is 37.3 Å². The fraction of sp³-hybridized carbons (Fsp3) is 0.741. The third kappa shape index (κ3) is 75.9. The third-order valence-electron chi connectivity index (χ3n) is 17.2. The standard InChI is InChI=1S/C85H148O17P2/c1-5-9-13-17-21-25-29-33-37-39-43-46-50-54-58-62-66-70-83(88)96-76-81(102-85(90)72-68-64-60-56-52-48-44-40-38-34-30-26-22-18-14-10-6-2)78-100-104(93,94)98-74-79(86)73-97-103(91,92)99-77-80(101-84(89)71-67-63-59-55-51-47-42-36-32-28-24-20-16-12-8-4)75-95-82(87)69-65-61-57-53-49-45-41-35-31-27-23-19-15-11-7-3/h21,23-25,27-28,33-38,41-43,46,54,58,79-81,86H,5-20,22,26,29-32,39-40,44-45,47-53,55-57,59-78H2,1-4H3,(H,91,92)(H,93,94)/t79?,80-,81-/m1/s1. The summed E-state index contributed by atoms with van der Waals surface area (Å²) in [5.41, 5.74) is 0. The number of esters is 4. The molecule has 0 saturated heterocycles. The number of unbranched alkanes of at least 4 members (excludes halogenated alkanes) is 33. The Hall–Kier alpha value is -4.28. The maximum Gasteiger partial charge on any atom is 0.472 e. The van der Waals surface area contributed by atoms with E-state index in [1.807, 2.05) is 12.2 Å². The zero-order chi connectivity index (χ0) is 76.0. The molecule has 0 aromatic heterocycles. The van der Waals surface area contributed by atoms with E-state index in [0.29, 0.717) is 32.1 Å². The molecule has 5 atom stereocenters. The Kier molecular flexibility index (Phi) is 73.7. The number of carbonyl (C=O) groups is 4. The van der Waals surface area contributed by atoms with Crippen molar-refractivity contribution in [2.24, 2.45) is 0 Å². The molecule has 19 heteroatoms. The molecule has 3 N–H and O–H groups in total. The Morgan fingerprint density at radius 2 is 0.481 bits per heavy atom. The second-order valence-electron chi connectivity index (χ2n) is 27.3. The summed E-state index contributed by atoms with van der Waals surface area (Å²) in [5, 5.41) is 10.6. The van der Waals surface area contributed by atoms with Crippen molar-refractivity contribution >= 4 is 39.5 Å². The van der Waals surface area contributed by atoms with E-state index in [2.05, 4.69) is 125 Å². The van der Waals surface area contributed by atoms with Crippen molar-refractivity contribution in [2.75, 3.05) is 39.6 Å². The van der Waals surface area contributed by atoms with Crippen LogP contribution in [0.15, 0.2) is 109 Å². The van der Waals surface area contributed by atoms with Crippen LogP contribution in [0.3, 0.4) is 0 Å². The van der Waals surface area contributed by atoms with Gasteiger partial charge in [-0.05, 0) is 154 Å². The van der Waals surface area contributed by atoms with Crippen LogP contribution in [0.4, 0.5) is 0 Å². The van der Waals surface area contributed by atoms with Crippen LogP contribution in [0.5, 0.6) is 0 Å². The quantitative estimate of drug-likeness (QED) is 0.0169. The molecule has 0 aromatic carbocycles. The number of hydrogen-bond acceptors (Lipinski definition) is 15. The summed E-state index contributed by atoms with van der Waals surface area (Å²) in [7, 11) is -9.98. The first kappa shape index (κ1) is 99.7. The fourth-order valence-corrected chi connectivity index (χ4v) is 12.4. The second kappa shape index (κ2) is 76.9. The van der Waals surface area contributed by atoms with Crippen LogP contribution >= 0.6 is 15.6 Å². The number of carbonyl (C=O) groups excluding carboxylic acids is 4. The van der Waals surface area contributed by atoms with Crippen molar-refractivity contribution in [3.05, 3.63) is 109 Å². The van der Waals surface area contributed by atoms with E-state index in [-0.39, 0.29) is 25.7 Å². The number of phosphoric acid groups is 2. The van der Waals surface area contributed by atoms with Gasteiger partial charge in [0.2, 0.25) is 0 Å². The van der Waals surface area contributed by atoms with Gasteiger partial charge in [0.1, 0.15) is 19.3 Å². The van der Waals surface area contributed by atoms with Crippen molar-refractivity contribution in [2.45, 2.75) is 367 Å². The largest absolute Gasteiger partial charge is 0.472 e. The number of allylic oxidation sites excluding steroid dienone is 18. The van der Waals surface area contributed by atoms with Gasteiger partial charge in [0.05, 0.1) is 26.4 Å². The smallest absolute Gasteiger partial charge is 0.462 e. The number of ether oxygens (including phenoxy) is 4. The molecule has 17 nitrogen and oxygen atoms in total. The molecule has 0 heterocycles. The van der Waals surface area contributed by atoms with Crippen LogP contribution in [0, 0.1) is 0 Å². The Morgan fingerprint density at radius 3 is 0.788 bits per heavy atom. The number of hydrogen-bond donors (Lipinski definition) is 3.